The molecule has 1 N–H and O–H groups in total. The van der Waals surface area contributed by atoms with E-state index in [1.54, 1.807) is 17.0 Å². The highest BCUT2D eigenvalue weighted by atomic mass is 19.1. The lowest BCUT2D eigenvalue weighted by atomic mass is 10.1. The first kappa shape index (κ1) is 24.7. The topological polar surface area (TPSA) is 58.6 Å². The predicted molar refractivity (Wildman–Crippen MR) is 138 cm³/mol. The van der Waals surface area contributed by atoms with E-state index in [1.807, 2.05) is 84.9 Å². The van der Waals surface area contributed by atoms with Gasteiger partial charge in [0, 0.05) is 12.2 Å². The maximum absolute atomic E-state index is 13.1. The molecule has 0 aliphatic heterocycles. The number of amides is 2. The molecule has 36 heavy (non-hydrogen) atoms. The molecule has 0 bridgehead atoms. The highest BCUT2D eigenvalue weighted by molar-refractivity contribution is 5.94. The standard InChI is InChI=1S/C30H27FN2O3/c31-26-15-11-24(12-16-26)20-32-29(34)19-23-13-17-27(18-14-23)33(21-25-7-3-1-4-8-25)30(35)22-36-28-9-5-2-6-10-28/h1-18H,19-22H2,(H,32,34). The molecule has 5 nitrogen and oxygen atoms in total. The van der Waals surface area contributed by atoms with Gasteiger partial charge in [0.2, 0.25) is 5.91 Å². The number of carbonyl (C=O) groups excluding carboxylic acids is 2. The molecule has 182 valence electrons. The zero-order valence-corrected chi connectivity index (χ0v) is 19.8. The first-order valence-electron chi connectivity index (χ1n) is 11.7. The van der Waals surface area contributed by atoms with E-state index in [0.717, 1.165) is 22.4 Å². The first-order chi connectivity index (χ1) is 17.6. The van der Waals surface area contributed by atoms with Gasteiger partial charge in [0.05, 0.1) is 13.0 Å². The molecular formula is C30H27FN2O3. The highest BCUT2D eigenvalue weighted by Crippen LogP contribution is 2.20. The first-order valence-corrected chi connectivity index (χ1v) is 11.7. The van der Waals surface area contributed by atoms with Crippen LogP contribution in [0.5, 0.6) is 5.75 Å². The molecule has 6 heteroatoms. The van der Waals surface area contributed by atoms with Gasteiger partial charge in [0.1, 0.15) is 11.6 Å². The number of carbonyl (C=O) groups is 2. The van der Waals surface area contributed by atoms with Gasteiger partial charge in [-0.2, -0.15) is 0 Å². The van der Waals surface area contributed by atoms with Crippen molar-refractivity contribution in [2.45, 2.75) is 19.5 Å². The maximum Gasteiger partial charge on any atom is 0.265 e. The Kier molecular flexibility index (Phi) is 8.44. The van der Waals surface area contributed by atoms with Gasteiger partial charge in [-0.3, -0.25) is 9.59 Å². The van der Waals surface area contributed by atoms with Crippen molar-refractivity contribution in [2.24, 2.45) is 0 Å². The van der Waals surface area contributed by atoms with E-state index in [9.17, 15) is 14.0 Å². The third-order valence-corrected chi connectivity index (χ3v) is 5.61. The van der Waals surface area contributed by atoms with Crippen molar-refractivity contribution in [2.75, 3.05) is 11.5 Å². The zero-order chi connectivity index (χ0) is 25.2. The van der Waals surface area contributed by atoms with E-state index in [1.165, 1.54) is 12.1 Å². The van der Waals surface area contributed by atoms with Gasteiger partial charge < -0.3 is 15.0 Å². The van der Waals surface area contributed by atoms with Crippen molar-refractivity contribution in [3.63, 3.8) is 0 Å². The molecule has 0 saturated heterocycles. The second kappa shape index (κ2) is 12.3. The van der Waals surface area contributed by atoms with Crippen molar-refractivity contribution >= 4 is 17.5 Å². The van der Waals surface area contributed by atoms with Crippen LogP contribution in [0.4, 0.5) is 10.1 Å². The Morgan fingerprint density at radius 1 is 0.722 bits per heavy atom. The number of ether oxygens (including phenoxy) is 1. The lowest BCUT2D eigenvalue weighted by Crippen LogP contribution is -2.34. The minimum Gasteiger partial charge on any atom is -0.484 e. The summed E-state index contributed by atoms with van der Waals surface area (Å²) in [6.45, 7) is 0.637. The molecule has 2 amide bonds. The van der Waals surface area contributed by atoms with Gasteiger partial charge in [-0.15, -0.1) is 0 Å². The third kappa shape index (κ3) is 7.27. The van der Waals surface area contributed by atoms with Crippen LogP contribution in [-0.2, 0) is 29.1 Å². The molecule has 4 aromatic rings. The average molecular weight is 483 g/mol. The third-order valence-electron chi connectivity index (χ3n) is 5.61. The predicted octanol–water partition coefficient (Wildman–Crippen LogP) is 5.30. The molecule has 0 atom stereocenters. The van der Waals surface area contributed by atoms with Gasteiger partial charge >= 0.3 is 0 Å². The van der Waals surface area contributed by atoms with Crippen LogP contribution in [0.2, 0.25) is 0 Å². The Bertz CT molecular complexity index is 1260. The Balaban J connectivity index is 1.40. The summed E-state index contributed by atoms with van der Waals surface area (Å²) in [5, 5.41) is 2.85. The van der Waals surface area contributed by atoms with Gasteiger partial charge in [-0.25, -0.2) is 4.39 Å². The van der Waals surface area contributed by atoms with Crippen molar-refractivity contribution in [3.8, 4) is 5.75 Å². The number of nitrogens with zero attached hydrogens (tertiary/aromatic N) is 1. The number of hydrogen-bond donors (Lipinski definition) is 1. The largest absolute Gasteiger partial charge is 0.484 e. The molecule has 0 heterocycles. The minimum atomic E-state index is -0.309. The average Bonchev–Trinajstić information content (AvgIpc) is 2.92. The summed E-state index contributed by atoms with van der Waals surface area (Å²) in [5.41, 5.74) is 3.36. The number of rotatable bonds is 10. The molecule has 0 aliphatic carbocycles. The van der Waals surface area contributed by atoms with E-state index < -0.39 is 0 Å². The Morgan fingerprint density at radius 3 is 2.00 bits per heavy atom. The summed E-state index contributed by atoms with van der Waals surface area (Å²) >= 11 is 0. The fraction of sp³-hybridized carbons (Fsp3) is 0.133. The van der Waals surface area contributed by atoms with Crippen LogP contribution in [0.15, 0.2) is 109 Å². The van der Waals surface area contributed by atoms with Crippen LogP contribution in [-0.4, -0.2) is 18.4 Å². The smallest absolute Gasteiger partial charge is 0.265 e. The van der Waals surface area contributed by atoms with Crippen LogP contribution < -0.4 is 15.0 Å². The molecule has 0 saturated carbocycles. The molecular weight excluding hydrogens is 455 g/mol. The second-order valence-electron chi connectivity index (χ2n) is 8.31. The number of hydrogen-bond acceptors (Lipinski definition) is 3. The fourth-order valence-electron chi connectivity index (χ4n) is 3.67. The summed E-state index contributed by atoms with van der Waals surface area (Å²) in [6.07, 6.45) is 0.200. The van der Waals surface area contributed by atoms with E-state index in [4.69, 9.17) is 4.74 Å². The monoisotopic (exact) mass is 482 g/mol. The highest BCUT2D eigenvalue weighted by Gasteiger charge is 2.17. The van der Waals surface area contributed by atoms with Gasteiger partial charge in [-0.1, -0.05) is 72.8 Å². The maximum atomic E-state index is 13.1. The molecule has 0 aliphatic rings. The van der Waals surface area contributed by atoms with Crippen LogP contribution in [0, 0.1) is 5.82 Å². The van der Waals surface area contributed by atoms with Crippen molar-refractivity contribution in [3.05, 3.63) is 132 Å². The van der Waals surface area contributed by atoms with Crippen LogP contribution in [0.25, 0.3) is 0 Å². The number of halogens is 1. The van der Waals surface area contributed by atoms with E-state index in [0.29, 0.717) is 18.8 Å². The number of benzene rings is 4. The quantitative estimate of drug-likeness (QED) is 0.334. The summed E-state index contributed by atoms with van der Waals surface area (Å²) < 4.78 is 18.7. The van der Waals surface area contributed by atoms with Crippen LogP contribution >= 0.6 is 0 Å². The summed E-state index contributed by atoms with van der Waals surface area (Å²) in [5.74, 6) is 0.0112. The lowest BCUT2D eigenvalue weighted by molar-refractivity contribution is -0.121. The molecule has 0 unspecified atom stereocenters. The van der Waals surface area contributed by atoms with E-state index >= 15 is 0 Å². The summed E-state index contributed by atoms with van der Waals surface area (Å²) in [4.78, 5) is 27.2. The van der Waals surface area contributed by atoms with Crippen molar-refractivity contribution in [1.29, 1.82) is 0 Å². The molecule has 4 aromatic carbocycles. The minimum absolute atomic E-state index is 0.0929. The lowest BCUT2D eigenvalue weighted by Gasteiger charge is -2.23. The molecule has 4 rings (SSSR count). The Hall–Kier alpha value is -4.45. The SMILES string of the molecule is O=C(Cc1ccc(N(Cc2ccccc2)C(=O)COc2ccccc2)cc1)NCc1ccc(F)cc1. The van der Waals surface area contributed by atoms with Gasteiger partial charge in [-0.05, 0) is 53.1 Å². The number of nitrogens with one attached hydrogen (secondary N) is 1. The second-order valence-corrected chi connectivity index (χ2v) is 8.31. The normalized spacial score (nSPS) is 10.5. The molecule has 0 fully saturated rings. The van der Waals surface area contributed by atoms with Crippen LogP contribution in [0.3, 0.4) is 0 Å². The van der Waals surface area contributed by atoms with E-state index in [-0.39, 0.29) is 30.7 Å². The number of anilines is 1. The zero-order valence-electron chi connectivity index (χ0n) is 19.8. The Labute approximate surface area is 210 Å². The summed E-state index contributed by atoms with van der Waals surface area (Å²) in [6, 6.07) is 32.4. The summed E-state index contributed by atoms with van der Waals surface area (Å²) in [7, 11) is 0. The van der Waals surface area contributed by atoms with Crippen molar-refractivity contribution < 1.29 is 18.7 Å². The molecule has 0 radical (unpaired) electrons. The fourth-order valence-corrected chi connectivity index (χ4v) is 3.67. The molecule has 0 aromatic heterocycles. The van der Waals surface area contributed by atoms with Gasteiger partial charge in [0.25, 0.3) is 5.91 Å². The van der Waals surface area contributed by atoms with Crippen LogP contribution in [0.1, 0.15) is 16.7 Å². The Morgan fingerprint density at radius 2 is 1.33 bits per heavy atom. The molecule has 0 spiro atoms. The number of para-hydroxylation sites is 1. The van der Waals surface area contributed by atoms with Gasteiger partial charge in [0.15, 0.2) is 6.61 Å². The van der Waals surface area contributed by atoms with Crippen molar-refractivity contribution in [1.82, 2.24) is 5.32 Å². The van der Waals surface area contributed by atoms with E-state index in [2.05, 4.69) is 5.32 Å².